The minimum atomic E-state index is 0.344. The maximum absolute atomic E-state index is 5.80. The predicted octanol–water partition coefficient (Wildman–Crippen LogP) is 1.76. The highest BCUT2D eigenvalue weighted by Crippen LogP contribution is 2.20. The van der Waals surface area contributed by atoms with Gasteiger partial charge >= 0.3 is 0 Å². The highest BCUT2D eigenvalue weighted by Gasteiger charge is 2.13. The van der Waals surface area contributed by atoms with Crippen molar-refractivity contribution in [3.05, 3.63) is 5.82 Å². The molecule has 0 aliphatic heterocycles. The van der Waals surface area contributed by atoms with Crippen molar-refractivity contribution < 1.29 is 4.74 Å². The summed E-state index contributed by atoms with van der Waals surface area (Å²) >= 11 is 5.70. The fourth-order valence-electron chi connectivity index (χ4n) is 2.03. The molecule has 1 aliphatic rings. The summed E-state index contributed by atoms with van der Waals surface area (Å²) in [5.74, 6) is 1.05. The van der Waals surface area contributed by atoms with Gasteiger partial charge in [0.15, 0.2) is 5.82 Å². The van der Waals surface area contributed by atoms with Crippen molar-refractivity contribution in [2.24, 2.45) is 0 Å². The van der Waals surface area contributed by atoms with Gasteiger partial charge in [-0.2, -0.15) is 0 Å². The van der Waals surface area contributed by atoms with E-state index in [0.29, 0.717) is 31.0 Å². The van der Waals surface area contributed by atoms with Gasteiger partial charge in [-0.1, -0.05) is 19.3 Å². The van der Waals surface area contributed by atoms with Crippen LogP contribution in [0.5, 0.6) is 0 Å². The lowest BCUT2D eigenvalue weighted by atomic mass is 9.98. The molecule has 6 heteroatoms. The van der Waals surface area contributed by atoms with Crippen molar-refractivity contribution in [1.82, 2.24) is 20.2 Å². The van der Waals surface area contributed by atoms with Gasteiger partial charge in [-0.15, -0.1) is 16.7 Å². The summed E-state index contributed by atoms with van der Waals surface area (Å²) in [6, 6.07) is 0. The maximum Gasteiger partial charge on any atom is 0.166 e. The third-order valence-electron chi connectivity index (χ3n) is 2.93. The third-order valence-corrected chi connectivity index (χ3v) is 3.17. The largest absolute Gasteiger partial charge is 0.376 e. The molecule has 0 saturated heterocycles. The van der Waals surface area contributed by atoms with E-state index in [4.69, 9.17) is 16.3 Å². The average molecular weight is 245 g/mol. The fourth-order valence-corrected chi connectivity index (χ4v) is 2.22. The molecular weight excluding hydrogens is 228 g/mol. The Morgan fingerprint density at radius 1 is 1.31 bits per heavy atom. The van der Waals surface area contributed by atoms with E-state index in [2.05, 4.69) is 15.5 Å². The highest BCUT2D eigenvalue weighted by atomic mass is 35.5. The van der Waals surface area contributed by atoms with Gasteiger partial charge in [0.2, 0.25) is 0 Å². The Morgan fingerprint density at radius 2 is 2.12 bits per heavy atom. The summed E-state index contributed by atoms with van der Waals surface area (Å²) in [6.07, 6.45) is 6.76. The van der Waals surface area contributed by atoms with Crippen molar-refractivity contribution in [3.63, 3.8) is 0 Å². The molecule has 0 bridgehead atoms. The number of aromatic nitrogens is 4. The van der Waals surface area contributed by atoms with Crippen LogP contribution in [0.3, 0.4) is 0 Å². The first-order chi connectivity index (χ1) is 7.90. The van der Waals surface area contributed by atoms with Crippen molar-refractivity contribution in [3.8, 4) is 0 Å². The smallest absolute Gasteiger partial charge is 0.166 e. The molecule has 5 nitrogen and oxygen atoms in total. The quantitative estimate of drug-likeness (QED) is 0.741. The number of hydrogen-bond donors (Lipinski definition) is 0. The highest BCUT2D eigenvalue weighted by molar-refractivity contribution is 6.16. The monoisotopic (exact) mass is 244 g/mol. The molecule has 0 radical (unpaired) electrons. The SMILES string of the molecule is ClCc1nnnn1CCOC1CCCCC1. The third kappa shape index (κ3) is 3.15. The van der Waals surface area contributed by atoms with Gasteiger partial charge in [0.05, 0.1) is 25.1 Å². The van der Waals surface area contributed by atoms with Crippen LogP contribution in [-0.4, -0.2) is 32.9 Å². The van der Waals surface area contributed by atoms with Crippen LogP contribution in [0.25, 0.3) is 0 Å². The van der Waals surface area contributed by atoms with Gasteiger partial charge in [-0.25, -0.2) is 4.68 Å². The van der Waals surface area contributed by atoms with Crippen molar-refractivity contribution in [2.45, 2.75) is 50.6 Å². The zero-order chi connectivity index (χ0) is 11.2. The molecule has 1 aliphatic carbocycles. The molecule has 1 aromatic heterocycles. The lowest BCUT2D eigenvalue weighted by Crippen LogP contribution is -2.20. The van der Waals surface area contributed by atoms with Crippen LogP contribution in [-0.2, 0) is 17.2 Å². The van der Waals surface area contributed by atoms with E-state index < -0.39 is 0 Å². The molecule has 0 spiro atoms. The number of hydrogen-bond acceptors (Lipinski definition) is 4. The number of halogens is 1. The number of alkyl halides is 1. The second kappa shape index (κ2) is 6.15. The van der Waals surface area contributed by atoms with Crippen LogP contribution in [0, 0.1) is 0 Å². The molecule has 1 saturated carbocycles. The molecule has 1 aromatic rings. The first kappa shape index (κ1) is 11.8. The number of tetrazole rings is 1. The fraction of sp³-hybridized carbons (Fsp3) is 0.900. The summed E-state index contributed by atoms with van der Waals surface area (Å²) in [5.41, 5.74) is 0. The van der Waals surface area contributed by atoms with Crippen molar-refractivity contribution in [1.29, 1.82) is 0 Å². The van der Waals surface area contributed by atoms with Crippen LogP contribution in [0.4, 0.5) is 0 Å². The van der Waals surface area contributed by atoms with Crippen LogP contribution < -0.4 is 0 Å². The Bertz CT molecular complexity index is 312. The Kier molecular flexibility index (Phi) is 4.54. The number of nitrogens with zero attached hydrogens (tertiary/aromatic N) is 4. The molecule has 0 N–H and O–H groups in total. The minimum absolute atomic E-state index is 0.344. The van der Waals surface area contributed by atoms with E-state index in [1.54, 1.807) is 4.68 Å². The molecule has 0 aromatic carbocycles. The topological polar surface area (TPSA) is 52.8 Å². The number of ether oxygens (including phenoxy) is 1. The summed E-state index contributed by atoms with van der Waals surface area (Å²) < 4.78 is 7.50. The predicted molar refractivity (Wildman–Crippen MR) is 60.2 cm³/mol. The van der Waals surface area contributed by atoms with Crippen LogP contribution >= 0.6 is 11.6 Å². The average Bonchev–Trinajstić information content (AvgIpc) is 2.78. The van der Waals surface area contributed by atoms with Gasteiger partial charge in [0, 0.05) is 0 Å². The molecule has 0 unspecified atom stereocenters. The Morgan fingerprint density at radius 3 is 2.88 bits per heavy atom. The lowest BCUT2D eigenvalue weighted by Gasteiger charge is -2.21. The standard InChI is InChI=1S/C10H17ClN4O/c11-8-10-12-13-14-15(10)6-7-16-9-4-2-1-3-5-9/h9H,1-8H2. The second-order valence-corrected chi connectivity index (χ2v) is 4.35. The Balaban J connectivity index is 1.71. The zero-order valence-corrected chi connectivity index (χ0v) is 10.1. The van der Waals surface area contributed by atoms with Crippen LogP contribution in [0.1, 0.15) is 37.9 Å². The Hall–Kier alpha value is -0.680. The molecule has 1 fully saturated rings. The van der Waals surface area contributed by atoms with Crippen molar-refractivity contribution >= 4 is 11.6 Å². The van der Waals surface area contributed by atoms with E-state index in [-0.39, 0.29) is 0 Å². The lowest BCUT2D eigenvalue weighted by molar-refractivity contribution is 0.0224. The number of rotatable bonds is 5. The van der Waals surface area contributed by atoms with Crippen LogP contribution in [0.15, 0.2) is 0 Å². The zero-order valence-electron chi connectivity index (χ0n) is 9.31. The van der Waals surface area contributed by atoms with Crippen LogP contribution in [0.2, 0.25) is 0 Å². The first-order valence-corrected chi connectivity index (χ1v) is 6.36. The second-order valence-electron chi connectivity index (χ2n) is 4.08. The molecular formula is C10H17ClN4O. The minimum Gasteiger partial charge on any atom is -0.376 e. The van der Waals surface area contributed by atoms with E-state index in [1.165, 1.54) is 32.1 Å². The van der Waals surface area contributed by atoms with E-state index in [0.717, 1.165) is 0 Å². The van der Waals surface area contributed by atoms with E-state index in [1.807, 2.05) is 0 Å². The summed E-state index contributed by atoms with van der Waals surface area (Å²) in [6.45, 7) is 1.35. The van der Waals surface area contributed by atoms with Gasteiger partial charge in [0.25, 0.3) is 0 Å². The van der Waals surface area contributed by atoms with E-state index >= 15 is 0 Å². The van der Waals surface area contributed by atoms with Gasteiger partial charge < -0.3 is 4.74 Å². The van der Waals surface area contributed by atoms with Gasteiger partial charge in [-0.3, -0.25) is 0 Å². The van der Waals surface area contributed by atoms with Gasteiger partial charge in [-0.05, 0) is 23.3 Å². The summed E-state index contributed by atoms with van der Waals surface area (Å²) in [7, 11) is 0. The first-order valence-electron chi connectivity index (χ1n) is 5.83. The Labute approximate surface area is 100 Å². The maximum atomic E-state index is 5.80. The normalized spacial score (nSPS) is 17.8. The molecule has 90 valence electrons. The summed E-state index contributed by atoms with van der Waals surface area (Å²) in [4.78, 5) is 0. The molecule has 1 heterocycles. The van der Waals surface area contributed by atoms with Gasteiger partial charge in [0.1, 0.15) is 0 Å². The molecule has 0 amide bonds. The molecule has 0 atom stereocenters. The molecule has 2 rings (SSSR count). The van der Waals surface area contributed by atoms with Crippen molar-refractivity contribution in [2.75, 3.05) is 6.61 Å². The molecule has 16 heavy (non-hydrogen) atoms. The van der Waals surface area contributed by atoms with E-state index in [9.17, 15) is 0 Å². The summed E-state index contributed by atoms with van der Waals surface area (Å²) in [5, 5.41) is 11.3.